The fraction of sp³-hybridized carbons (Fsp3) is 0.375. The van der Waals surface area contributed by atoms with Crippen molar-refractivity contribution in [1.82, 2.24) is 4.57 Å². The van der Waals surface area contributed by atoms with Gasteiger partial charge in [0.15, 0.2) is 0 Å². The fourth-order valence-corrected chi connectivity index (χ4v) is 3.49. The summed E-state index contributed by atoms with van der Waals surface area (Å²) in [7, 11) is 0. The molecule has 1 aliphatic rings. The third-order valence-electron chi connectivity index (χ3n) is 4.09. The van der Waals surface area contributed by atoms with E-state index in [0.717, 1.165) is 30.2 Å². The summed E-state index contributed by atoms with van der Waals surface area (Å²) in [5.74, 6) is -1.18. The van der Waals surface area contributed by atoms with Crippen LogP contribution in [0.5, 0.6) is 0 Å². The minimum atomic E-state index is -0.602. The van der Waals surface area contributed by atoms with Gasteiger partial charge in [-0.1, -0.05) is 13.8 Å². The summed E-state index contributed by atoms with van der Waals surface area (Å²) >= 11 is 3.12. The third kappa shape index (κ3) is 2.53. The van der Waals surface area contributed by atoms with Crippen LogP contribution in [0.4, 0.5) is 8.78 Å². The molecule has 1 heterocycles. The van der Waals surface area contributed by atoms with Crippen LogP contribution in [-0.4, -0.2) is 4.57 Å². The van der Waals surface area contributed by atoms with Gasteiger partial charge in [0, 0.05) is 24.0 Å². The first-order valence-electron chi connectivity index (χ1n) is 6.89. The Morgan fingerprint density at radius 3 is 2.71 bits per heavy atom. The molecule has 1 aliphatic carbocycles. The fourth-order valence-electron chi connectivity index (χ4n) is 3.16. The van der Waals surface area contributed by atoms with E-state index >= 15 is 0 Å². The van der Waals surface area contributed by atoms with Gasteiger partial charge in [0.2, 0.25) is 0 Å². The van der Waals surface area contributed by atoms with E-state index in [-0.39, 0.29) is 15.9 Å². The van der Waals surface area contributed by atoms with E-state index in [1.54, 1.807) is 4.57 Å². The van der Waals surface area contributed by atoms with Gasteiger partial charge in [0.25, 0.3) is 0 Å². The van der Waals surface area contributed by atoms with Gasteiger partial charge in [-0.3, -0.25) is 0 Å². The zero-order valence-corrected chi connectivity index (χ0v) is 13.5. The molecule has 1 aromatic heterocycles. The second kappa shape index (κ2) is 4.92. The summed E-state index contributed by atoms with van der Waals surface area (Å²) in [5.41, 5.74) is 8.70. The molecular weight excluding hydrogens is 338 g/mol. The molecule has 1 atom stereocenters. The molecule has 0 spiro atoms. The smallest absolute Gasteiger partial charge is 0.150 e. The number of aromatic nitrogens is 1. The van der Waals surface area contributed by atoms with Crippen LogP contribution < -0.4 is 5.73 Å². The van der Waals surface area contributed by atoms with Gasteiger partial charge in [-0.05, 0) is 51.9 Å². The molecule has 2 N–H and O–H groups in total. The quantitative estimate of drug-likeness (QED) is 0.751. The lowest BCUT2D eigenvalue weighted by molar-refractivity contribution is 0.278. The van der Waals surface area contributed by atoms with E-state index in [1.165, 1.54) is 6.07 Å². The average molecular weight is 355 g/mol. The van der Waals surface area contributed by atoms with Crippen LogP contribution in [0.25, 0.3) is 5.69 Å². The zero-order valence-electron chi connectivity index (χ0n) is 12.0. The molecule has 0 amide bonds. The number of hydrogen-bond donors (Lipinski definition) is 1. The van der Waals surface area contributed by atoms with Crippen molar-refractivity contribution in [3.63, 3.8) is 0 Å². The standard InChI is InChI=1S/C16H17BrF2N2/c1-16(2)7-13(20)9-3-4-21(15(9)8-16)14-5-10(17)11(18)6-12(14)19/h3-6,13H,7-8,20H2,1-2H3. The van der Waals surface area contributed by atoms with Crippen molar-refractivity contribution in [3.05, 3.63) is 51.8 Å². The molecule has 3 rings (SSSR count). The summed E-state index contributed by atoms with van der Waals surface area (Å²) in [6.45, 7) is 4.31. The summed E-state index contributed by atoms with van der Waals surface area (Å²) in [4.78, 5) is 0. The molecule has 0 aliphatic heterocycles. The number of hydrogen-bond acceptors (Lipinski definition) is 1. The van der Waals surface area contributed by atoms with Crippen molar-refractivity contribution in [2.75, 3.05) is 0 Å². The van der Waals surface area contributed by atoms with Crippen molar-refractivity contribution in [2.24, 2.45) is 11.1 Å². The minimum absolute atomic E-state index is 0.0445. The van der Waals surface area contributed by atoms with Crippen molar-refractivity contribution < 1.29 is 8.78 Å². The minimum Gasteiger partial charge on any atom is -0.324 e. The van der Waals surface area contributed by atoms with Gasteiger partial charge >= 0.3 is 0 Å². The third-order valence-corrected chi connectivity index (χ3v) is 4.70. The van der Waals surface area contributed by atoms with Gasteiger partial charge in [0.05, 0.1) is 10.2 Å². The Labute approximate surface area is 131 Å². The second-order valence-corrected chi connectivity index (χ2v) is 7.31. The van der Waals surface area contributed by atoms with Crippen LogP contribution >= 0.6 is 15.9 Å². The molecular formula is C16H17BrF2N2. The lowest BCUT2D eigenvalue weighted by atomic mass is 9.74. The highest BCUT2D eigenvalue weighted by Gasteiger charge is 2.33. The van der Waals surface area contributed by atoms with Crippen molar-refractivity contribution >= 4 is 15.9 Å². The number of rotatable bonds is 1. The van der Waals surface area contributed by atoms with E-state index in [4.69, 9.17) is 5.73 Å². The molecule has 21 heavy (non-hydrogen) atoms. The Balaban J connectivity index is 2.16. The molecule has 1 aromatic carbocycles. The maximum atomic E-state index is 14.1. The number of halogens is 3. The second-order valence-electron chi connectivity index (χ2n) is 6.46. The molecule has 2 nitrogen and oxygen atoms in total. The molecule has 0 bridgehead atoms. The van der Waals surface area contributed by atoms with Gasteiger partial charge in [-0.2, -0.15) is 0 Å². The van der Waals surface area contributed by atoms with E-state index in [2.05, 4.69) is 29.8 Å². The summed E-state index contributed by atoms with van der Waals surface area (Å²) in [6, 6.07) is 4.26. The van der Waals surface area contributed by atoms with Crippen LogP contribution in [0.2, 0.25) is 0 Å². The normalized spacial score (nSPS) is 20.4. The molecule has 2 aromatic rings. The largest absolute Gasteiger partial charge is 0.324 e. The predicted molar refractivity (Wildman–Crippen MR) is 82.4 cm³/mol. The number of fused-ring (bicyclic) bond motifs is 1. The van der Waals surface area contributed by atoms with Crippen LogP contribution in [0.15, 0.2) is 28.9 Å². The van der Waals surface area contributed by atoms with Crippen LogP contribution in [0, 0.1) is 17.0 Å². The summed E-state index contributed by atoms with van der Waals surface area (Å²) in [6.07, 6.45) is 3.53. The highest BCUT2D eigenvalue weighted by molar-refractivity contribution is 9.10. The van der Waals surface area contributed by atoms with E-state index < -0.39 is 11.6 Å². The van der Waals surface area contributed by atoms with Crippen LogP contribution in [-0.2, 0) is 6.42 Å². The summed E-state index contributed by atoms with van der Waals surface area (Å²) in [5, 5.41) is 0. The Hall–Kier alpha value is -1.20. The van der Waals surface area contributed by atoms with Crippen LogP contribution in [0.3, 0.4) is 0 Å². The first kappa shape index (κ1) is 14.7. The lowest BCUT2D eigenvalue weighted by Gasteiger charge is -2.34. The Kier molecular flexibility index (Phi) is 3.45. The van der Waals surface area contributed by atoms with E-state index in [1.807, 2.05) is 12.3 Å². The molecule has 112 valence electrons. The monoisotopic (exact) mass is 354 g/mol. The molecule has 1 unspecified atom stereocenters. The average Bonchev–Trinajstić information content (AvgIpc) is 2.76. The molecule has 0 saturated carbocycles. The van der Waals surface area contributed by atoms with Crippen molar-refractivity contribution in [1.29, 1.82) is 0 Å². The lowest BCUT2D eigenvalue weighted by Crippen LogP contribution is -2.30. The van der Waals surface area contributed by atoms with Gasteiger partial charge in [-0.25, -0.2) is 8.78 Å². The van der Waals surface area contributed by atoms with Gasteiger partial charge in [0.1, 0.15) is 11.6 Å². The van der Waals surface area contributed by atoms with Crippen LogP contribution in [0.1, 0.15) is 37.6 Å². The maximum Gasteiger partial charge on any atom is 0.150 e. The molecule has 0 fully saturated rings. The van der Waals surface area contributed by atoms with Crippen molar-refractivity contribution in [2.45, 2.75) is 32.7 Å². The SMILES string of the molecule is CC1(C)Cc2c(ccn2-c2cc(Br)c(F)cc2F)C(N)C1. The maximum absolute atomic E-state index is 14.1. The summed E-state index contributed by atoms with van der Waals surface area (Å²) < 4.78 is 29.6. The predicted octanol–water partition coefficient (Wildman–Crippen LogP) is 4.49. The molecule has 5 heteroatoms. The van der Waals surface area contributed by atoms with E-state index in [9.17, 15) is 8.78 Å². The Bertz CT molecular complexity index is 707. The first-order chi connectivity index (χ1) is 9.78. The van der Waals surface area contributed by atoms with E-state index in [0.29, 0.717) is 5.69 Å². The highest BCUT2D eigenvalue weighted by Crippen LogP contribution is 2.41. The number of nitrogens with zero attached hydrogens (tertiary/aromatic N) is 1. The van der Waals surface area contributed by atoms with Gasteiger partial charge in [-0.15, -0.1) is 0 Å². The Morgan fingerprint density at radius 1 is 1.29 bits per heavy atom. The number of nitrogens with two attached hydrogens (primary N) is 1. The topological polar surface area (TPSA) is 30.9 Å². The molecule has 0 saturated heterocycles. The molecule has 0 radical (unpaired) electrons. The van der Waals surface area contributed by atoms with Crippen molar-refractivity contribution in [3.8, 4) is 5.69 Å². The number of benzene rings is 1. The zero-order chi connectivity index (χ0) is 15.4. The Morgan fingerprint density at radius 2 is 2.00 bits per heavy atom. The highest BCUT2D eigenvalue weighted by atomic mass is 79.9. The van der Waals surface area contributed by atoms with Gasteiger partial charge < -0.3 is 10.3 Å². The first-order valence-corrected chi connectivity index (χ1v) is 7.68.